The molecule has 0 spiro atoms. The normalized spacial score (nSPS) is 12.6. The number of ketones is 1. The van der Waals surface area contributed by atoms with Gasteiger partial charge in [-0.2, -0.15) is 0 Å². The van der Waals surface area contributed by atoms with E-state index in [9.17, 15) is 4.79 Å². The first-order valence-corrected chi connectivity index (χ1v) is 5.42. The van der Waals surface area contributed by atoms with Gasteiger partial charge in [-0.25, -0.2) is 0 Å². The van der Waals surface area contributed by atoms with Gasteiger partial charge in [0.1, 0.15) is 5.75 Å². The van der Waals surface area contributed by atoms with Crippen molar-refractivity contribution in [1.29, 1.82) is 0 Å². The molecule has 1 rings (SSSR count). The van der Waals surface area contributed by atoms with Gasteiger partial charge in [0.05, 0.1) is 0 Å². The largest absolute Gasteiger partial charge is 0.467 e. The number of Topliss-reactive ketones (excluding diaryl/α,β-unsaturated/α-hetero) is 1. The summed E-state index contributed by atoms with van der Waals surface area (Å²) in [5, 5.41) is 0.614. The molecule has 82 valence electrons. The van der Waals surface area contributed by atoms with Crippen LogP contribution in [0.1, 0.15) is 13.8 Å². The highest BCUT2D eigenvalue weighted by atomic mass is 35.5. The van der Waals surface area contributed by atoms with E-state index in [4.69, 9.17) is 27.9 Å². The number of alkyl halides is 1. The minimum atomic E-state index is -0.939. The molecule has 0 saturated carbocycles. The van der Waals surface area contributed by atoms with E-state index in [2.05, 4.69) is 0 Å². The summed E-state index contributed by atoms with van der Waals surface area (Å²) in [5.41, 5.74) is -0.939. The molecule has 0 aliphatic rings. The summed E-state index contributed by atoms with van der Waals surface area (Å²) in [5.74, 6) is 0.264. The minimum Gasteiger partial charge on any atom is -0.467 e. The standard InChI is InChI=1S/C11H12Cl2O2/c1-7(2)10(14)11(13)15-9-5-3-8(12)4-6-9/h3-7,11H,1-2H3. The zero-order valence-corrected chi connectivity index (χ0v) is 10.0. The summed E-state index contributed by atoms with van der Waals surface area (Å²) in [6.45, 7) is 3.56. The highest BCUT2D eigenvalue weighted by molar-refractivity contribution is 6.31. The maximum absolute atomic E-state index is 11.4. The van der Waals surface area contributed by atoms with Gasteiger partial charge in [0, 0.05) is 10.9 Å². The van der Waals surface area contributed by atoms with E-state index >= 15 is 0 Å². The molecule has 0 bridgehead atoms. The molecule has 0 aliphatic heterocycles. The molecule has 1 atom stereocenters. The molecule has 1 aromatic rings. The molecule has 0 radical (unpaired) electrons. The molecular formula is C11H12Cl2O2. The predicted molar refractivity (Wildman–Crippen MR) is 61.6 cm³/mol. The summed E-state index contributed by atoms with van der Waals surface area (Å²) in [6, 6.07) is 6.71. The summed E-state index contributed by atoms with van der Waals surface area (Å²) in [7, 11) is 0. The number of ether oxygens (including phenoxy) is 1. The van der Waals surface area contributed by atoms with Crippen molar-refractivity contribution in [2.45, 2.75) is 19.4 Å². The van der Waals surface area contributed by atoms with Crippen LogP contribution in [0.25, 0.3) is 0 Å². The van der Waals surface area contributed by atoms with Crippen molar-refractivity contribution < 1.29 is 9.53 Å². The number of carbonyl (C=O) groups is 1. The summed E-state index contributed by atoms with van der Waals surface area (Å²) >= 11 is 11.5. The van der Waals surface area contributed by atoms with Crippen molar-refractivity contribution in [2.75, 3.05) is 0 Å². The van der Waals surface area contributed by atoms with Gasteiger partial charge >= 0.3 is 0 Å². The van der Waals surface area contributed by atoms with Gasteiger partial charge in [-0.15, -0.1) is 0 Å². The molecule has 0 amide bonds. The number of carbonyl (C=O) groups excluding carboxylic acids is 1. The first-order chi connectivity index (χ1) is 7.00. The van der Waals surface area contributed by atoms with Crippen molar-refractivity contribution in [3.05, 3.63) is 29.3 Å². The van der Waals surface area contributed by atoms with Crippen LogP contribution in [0.15, 0.2) is 24.3 Å². The molecule has 0 aromatic heterocycles. The Bertz CT molecular complexity index is 333. The predicted octanol–water partition coefficient (Wildman–Crippen LogP) is 3.51. The number of hydrogen-bond donors (Lipinski definition) is 0. The summed E-state index contributed by atoms with van der Waals surface area (Å²) < 4.78 is 5.25. The number of hydrogen-bond acceptors (Lipinski definition) is 2. The fraction of sp³-hybridized carbons (Fsp3) is 0.364. The fourth-order valence-electron chi connectivity index (χ4n) is 0.953. The average Bonchev–Trinajstić information content (AvgIpc) is 2.20. The second-order valence-corrected chi connectivity index (χ2v) is 4.28. The van der Waals surface area contributed by atoms with Crippen molar-refractivity contribution in [2.24, 2.45) is 5.92 Å². The van der Waals surface area contributed by atoms with Gasteiger partial charge in [-0.05, 0) is 24.3 Å². The smallest absolute Gasteiger partial charge is 0.230 e. The van der Waals surface area contributed by atoms with E-state index in [-0.39, 0.29) is 11.7 Å². The van der Waals surface area contributed by atoms with Gasteiger partial charge in [0.2, 0.25) is 5.56 Å². The quantitative estimate of drug-likeness (QED) is 0.761. The third-order valence-corrected chi connectivity index (χ3v) is 2.40. The Balaban J connectivity index is 2.62. The maximum atomic E-state index is 11.4. The summed E-state index contributed by atoms with van der Waals surface area (Å²) in [4.78, 5) is 11.4. The number of benzene rings is 1. The molecule has 0 saturated heterocycles. The molecule has 0 N–H and O–H groups in total. The van der Waals surface area contributed by atoms with Crippen molar-refractivity contribution in [1.82, 2.24) is 0 Å². The van der Waals surface area contributed by atoms with E-state index in [1.165, 1.54) is 0 Å². The van der Waals surface area contributed by atoms with Crippen LogP contribution in [-0.4, -0.2) is 11.3 Å². The van der Waals surface area contributed by atoms with Crippen LogP contribution >= 0.6 is 23.2 Å². The van der Waals surface area contributed by atoms with E-state index < -0.39 is 5.56 Å². The average molecular weight is 247 g/mol. The van der Waals surface area contributed by atoms with Gasteiger partial charge in [-0.3, -0.25) is 4.79 Å². The zero-order valence-electron chi connectivity index (χ0n) is 8.54. The van der Waals surface area contributed by atoms with Gasteiger partial charge < -0.3 is 4.74 Å². The van der Waals surface area contributed by atoms with Crippen LogP contribution in [0.4, 0.5) is 0 Å². The van der Waals surface area contributed by atoms with E-state index in [0.29, 0.717) is 10.8 Å². The Morgan fingerprint density at radius 3 is 2.27 bits per heavy atom. The number of halogens is 2. The lowest BCUT2D eigenvalue weighted by atomic mass is 10.1. The van der Waals surface area contributed by atoms with Crippen LogP contribution in [0.5, 0.6) is 5.75 Å². The lowest BCUT2D eigenvalue weighted by molar-refractivity contribution is -0.125. The van der Waals surface area contributed by atoms with Crippen molar-refractivity contribution >= 4 is 29.0 Å². The minimum absolute atomic E-state index is 0.133. The Labute approximate surface area is 99.1 Å². The van der Waals surface area contributed by atoms with Crippen LogP contribution < -0.4 is 4.74 Å². The maximum Gasteiger partial charge on any atom is 0.230 e. The van der Waals surface area contributed by atoms with Crippen LogP contribution in [-0.2, 0) is 4.79 Å². The molecule has 0 aliphatic carbocycles. The summed E-state index contributed by atoms with van der Waals surface area (Å²) in [6.07, 6.45) is 0. The van der Waals surface area contributed by atoms with Crippen molar-refractivity contribution in [3.8, 4) is 5.75 Å². The van der Waals surface area contributed by atoms with Gasteiger partial charge in [0.15, 0.2) is 5.78 Å². The molecule has 1 aromatic carbocycles. The molecule has 4 heteroatoms. The van der Waals surface area contributed by atoms with E-state index in [1.807, 2.05) is 0 Å². The van der Waals surface area contributed by atoms with Crippen LogP contribution in [0.2, 0.25) is 5.02 Å². The SMILES string of the molecule is CC(C)C(=O)C(Cl)Oc1ccc(Cl)cc1. The monoisotopic (exact) mass is 246 g/mol. The number of rotatable bonds is 4. The zero-order chi connectivity index (χ0) is 11.4. The second-order valence-electron chi connectivity index (χ2n) is 3.44. The first-order valence-electron chi connectivity index (χ1n) is 4.60. The lowest BCUT2D eigenvalue weighted by Gasteiger charge is -2.13. The van der Waals surface area contributed by atoms with E-state index in [0.717, 1.165) is 0 Å². The second kappa shape index (κ2) is 5.38. The Hall–Kier alpha value is -0.730. The van der Waals surface area contributed by atoms with Crippen LogP contribution in [0.3, 0.4) is 0 Å². The van der Waals surface area contributed by atoms with Gasteiger partial charge in [-0.1, -0.05) is 37.0 Å². The first kappa shape index (κ1) is 12.3. The third kappa shape index (κ3) is 3.73. The Kier molecular flexibility index (Phi) is 4.43. The molecule has 0 heterocycles. The topological polar surface area (TPSA) is 26.3 Å². The third-order valence-electron chi connectivity index (χ3n) is 1.85. The Morgan fingerprint density at radius 1 is 1.27 bits per heavy atom. The highest BCUT2D eigenvalue weighted by Crippen LogP contribution is 2.19. The highest BCUT2D eigenvalue weighted by Gasteiger charge is 2.19. The lowest BCUT2D eigenvalue weighted by Crippen LogP contribution is -2.25. The van der Waals surface area contributed by atoms with E-state index in [1.54, 1.807) is 38.1 Å². The molecular weight excluding hydrogens is 235 g/mol. The molecule has 2 nitrogen and oxygen atoms in total. The van der Waals surface area contributed by atoms with Gasteiger partial charge in [0.25, 0.3) is 0 Å². The fourth-order valence-corrected chi connectivity index (χ4v) is 1.43. The van der Waals surface area contributed by atoms with Crippen molar-refractivity contribution in [3.63, 3.8) is 0 Å². The molecule has 0 fully saturated rings. The Morgan fingerprint density at radius 2 is 1.80 bits per heavy atom. The molecule has 1 unspecified atom stereocenters. The van der Waals surface area contributed by atoms with Crippen LogP contribution in [0, 0.1) is 5.92 Å². The molecule has 15 heavy (non-hydrogen) atoms.